The Morgan fingerprint density at radius 2 is 1.67 bits per heavy atom. The van der Waals surface area contributed by atoms with Crippen molar-refractivity contribution in [2.45, 2.75) is 32.1 Å². The summed E-state index contributed by atoms with van der Waals surface area (Å²) in [5, 5.41) is 2.94. The molecule has 0 spiro atoms. The van der Waals surface area contributed by atoms with Crippen LogP contribution in [0.2, 0.25) is 0 Å². The van der Waals surface area contributed by atoms with Gasteiger partial charge in [-0.05, 0) is 61.8 Å². The molecule has 0 atom stereocenters. The van der Waals surface area contributed by atoms with Gasteiger partial charge in [0.25, 0.3) is 0 Å². The maximum absolute atomic E-state index is 12.0. The third-order valence-electron chi connectivity index (χ3n) is 4.28. The molecule has 1 amide bonds. The van der Waals surface area contributed by atoms with Crippen molar-refractivity contribution >= 4 is 17.3 Å². The first-order valence-corrected chi connectivity index (χ1v) is 8.07. The van der Waals surface area contributed by atoms with E-state index in [-0.39, 0.29) is 5.91 Å². The lowest BCUT2D eigenvalue weighted by Crippen LogP contribution is -2.31. The fourth-order valence-corrected chi connectivity index (χ4v) is 2.64. The van der Waals surface area contributed by atoms with Crippen molar-refractivity contribution in [3.63, 3.8) is 0 Å². The maximum Gasteiger partial charge on any atom is 0.225 e. The number of anilines is 2. The van der Waals surface area contributed by atoms with Crippen LogP contribution in [0.25, 0.3) is 0 Å². The van der Waals surface area contributed by atoms with Gasteiger partial charge in [-0.2, -0.15) is 0 Å². The first kappa shape index (κ1) is 14.4. The summed E-state index contributed by atoms with van der Waals surface area (Å²) in [6.45, 7) is 3.26. The van der Waals surface area contributed by atoms with E-state index in [4.69, 9.17) is 5.73 Å². The summed E-state index contributed by atoms with van der Waals surface area (Å²) in [4.78, 5) is 14.5. The second-order valence-corrected chi connectivity index (χ2v) is 6.57. The van der Waals surface area contributed by atoms with E-state index in [1.54, 1.807) is 0 Å². The van der Waals surface area contributed by atoms with Crippen LogP contribution in [0.4, 0.5) is 11.4 Å². The standard InChI is InChI=1S/C17H25N3O/c18-15-5-7-16(8-6-15)19-17(21)9-10-20(11-13-1-2-13)12-14-3-4-14/h5-8,13-14H,1-4,9-12,18H2,(H,19,21). The van der Waals surface area contributed by atoms with Gasteiger partial charge in [-0.3, -0.25) is 4.79 Å². The third-order valence-corrected chi connectivity index (χ3v) is 4.28. The van der Waals surface area contributed by atoms with Crippen LogP contribution >= 0.6 is 0 Å². The van der Waals surface area contributed by atoms with Crippen LogP contribution in [0.5, 0.6) is 0 Å². The van der Waals surface area contributed by atoms with E-state index >= 15 is 0 Å². The van der Waals surface area contributed by atoms with Gasteiger partial charge in [0.1, 0.15) is 0 Å². The van der Waals surface area contributed by atoms with E-state index in [9.17, 15) is 4.79 Å². The predicted octanol–water partition coefficient (Wildman–Crippen LogP) is 2.72. The number of nitrogens with zero attached hydrogens (tertiary/aromatic N) is 1. The minimum absolute atomic E-state index is 0.0939. The topological polar surface area (TPSA) is 58.4 Å². The first-order chi connectivity index (χ1) is 10.2. The number of hydrogen-bond donors (Lipinski definition) is 2. The fourth-order valence-electron chi connectivity index (χ4n) is 2.64. The molecule has 114 valence electrons. The van der Waals surface area contributed by atoms with Gasteiger partial charge in [0.2, 0.25) is 5.91 Å². The Morgan fingerprint density at radius 1 is 1.10 bits per heavy atom. The van der Waals surface area contributed by atoms with Crippen molar-refractivity contribution in [2.24, 2.45) is 11.8 Å². The molecule has 1 aromatic rings. The van der Waals surface area contributed by atoms with Crippen LogP contribution in [-0.4, -0.2) is 30.4 Å². The second kappa shape index (κ2) is 6.48. The zero-order valence-electron chi connectivity index (χ0n) is 12.6. The van der Waals surface area contributed by atoms with Gasteiger partial charge in [-0.25, -0.2) is 0 Å². The van der Waals surface area contributed by atoms with Gasteiger partial charge in [-0.15, -0.1) is 0 Å². The van der Waals surface area contributed by atoms with E-state index in [1.807, 2.05) is 24.3 Å². The lowest BCUT2D eigenvalue weighted by atomic mass is 10.2. The smallest absolute Gasteiger partial charge is 0.225 e. The number of hydrogen-bond acceptors (Lipinski definition) is 3. The first-order valence-electron chi connectivity index (χ1n) is 8.07. The number of carbonyl (C=O) groups is 1. The Labute approximate surface area is 126 Å². The number of nitrogen functional groups attached to an aromatic ring is 1. The van der Waals surface area contributed by atoms with Crippen molar-refractivity contribution in [1.82, 2.24) is 4.90 Å². The molecule has 0 aromatic heterocycles. The van der Waals surface area contributed by atoms with Crippen LogP contribution < -0.4 is 11.1 Å². The Kier molecular flexibility index (Phi) is 4.44. The molecule has 4 nitrogen and oxygen atoms in total. The molecule has 2 aliphatic carbocycles. The summed E-state index contributed by atoms with van der Waals surface area (Å²) in [6, 6.07) is 7.31. The van der Waals surface area contributed by atoms with Crippen molar-refractivity contribution in [1.29, 1.82) is 0 Å². The lowest BCUT2D eigenvalue weighted by molar-refractivity contribution is -0.116. The van der Waals surface area contributed by atoms with Gasteiger partial charge in [-0.1, -0.05) is 0 Å². The fraction of sp³-hybridized carbons (Fsp3) is 0.588. The molecule has 21 heavy (non-hydrogen) atoms. The van der Waals surface area contributed by atoms with E-state index < -0.39 is 0 Å². The van der Waals surface area contributed by atoms with Crippen molar-refractivity contribution in [3.8, 4) is 0 Å². The average Bonchev–Trinajstić information content (AvgIpc) is 3.35. The molecule has 0 aliphatic heterocycles. The summed E-state index contributed by atoms with van der Waals surface area (Å²) in [7, 11) is 0. The number of nitrogens with one attached hydrogen (secondary N) is 1. The minimum atomic E-state index is 0.0939. The number of carbonyl (C=O) groups excluding carboxylic acids is 1. The SMILES string of the molecule is Nc1ccc(NC(=O)CCN(CC2CC2)CC2CC2)cc1. The molecule has 0 saturated heterocycles. The van der Waals surface area contributed by atoms with Gasteiger partial charge in [0, 0.05) is 37.4 Å². The summed E-state index contributed by atoms with van der Waals surface area (Å²) in [6.07, 6.45) is 6.07. The molecule has 0 unspecified atom stereocenters. The molecule has 4 heteroatoms. The summed E-state index contributed by atoms with van der Waals surface area (Å²) in [5.74, 6) is 1.88. The highest BCUT2D eigenvalue weighted by molar-refractivity contribution is 5.90. The molecule has 0 heterocycles. The van der Waals surface area contributed by atoms with Crippen LogP contribution in [0.3, 0.4) is 0 Å². The van der Waals surface area contributed by atoms with Crippen molar-refractivity contribution < 1.29 is 4.79 Å². The molecule has 1 aromatic carbocycles. The van der Waals surface area contributed by atoms with Crippen molar-refractivity contribution in [2.75, 3.05) is 30.7 Å². The molecule has 2 aliphatic rings. The molecule has 3 rings (SSSR count). The molecular weight excluding hydrogens is 262 g/mol. The van der Waals surface area contributed by atoms with Gasteiger partial charge >= 0.3 is 0 Å². The molecule has 0 bridgehead atoms. The van der Waals surface area contributed by atoms with E-state index in [1.165, 1.54) is 38.8 Å². The highest BCUT2D eigenvalue weighted by Gasteiger charge is 2.29. The highest BCUT2D eigenvalue weighted by Crippen LogP contribution is 2.33. The zero-order valence-corrected chi connectivity index (χ0v) is 12.6. The minimum Gasteiger partial charge on any atom is -0.399 e. The number of benzene rings is 1. The monoisotopic (exact) mass is 287 g/mol. The Bertz CT molecular complexity index is 463. The average molecular weight is 287 g/mol. The van der Waals surface area contributed by atoms with Crippen LogP contribution in [0.1, 0.15) is 32.1 Å². The normalized spacial score (nSPS) is 18.0. The van der Waals surface area contributed by atoms with Crippen LogP contribution in [0, 0.1) is 11.8 Å². The van der Waals surface area contributed by atoms with E-state index in [0.29, 0.717) is 12.1 Å². The zero-order chi connectivity index (χ0) is 14.7. The summed E-state index contributed by atoms with van der Waals surface area (Å²) in [5.41, 5.74) is 7.18. The van der Waals surface area contributed by atoms with Gasteiger partial charge in [0.05, 0.1) is 0 Å². The largest absolute Gasteiger partial charge is 0.399 e. The van der Waals surface area contributed by atoms with Crippen LogP contribution in [-0.2, 0) is 4.79 Å². The number of nitrogens with two attached hydrogens (primary N) is 1. The second-order valence-electron chi connectivity index (χ2n) is 6.57. The maximum atomic E-state index is 12.0. The Balaban J connectivity index is 1.42. The van der Waals surface area contributed by atoms with Crippen LogP contribution in [0.15, 0.2) is 24.3 Å². The van der Waals surface area contributed by atoms with Gasteiger partial charge in [0.15, 0.2) is 0 Å². The summed E-state index contributed by atoms with van der Waals surface area (Å²) >= 11 is 0. The quantitative estimate of drug-likeness (QED) is 0.723. The van der Waals surface area contributed by atoms with E-state index in [2.05, 4.69) is 10.2 Å². The molecule has 3 N–H and O–H groups in total. The Hall–Kier alpha value is -1.55. The lowest BCUT2D eigenvalue weighted by Gasteiger charge is -2.21. The van der Waals surface area contributed by atoms with Crippen molar-refractivity contribution in [3.05, 3.63) is 24.3 Å². The molecular formula is C17H25N3O. The molecule has 0 radical (unpaired) electrons. The summed E-state index contributed by atoms with van der Waals surface area (Å²) < 4.78 is 0. The number of amides is 1. The molecule has 2 fully saturated rings. The van der Waals surface area contributed by atoms with Gasteiger partial charge < -0.3 is 16.0 Å². The third kappa shape index (κ3) is 5.05. The Morgan fingerprint density at radius 3 is 2.19 bits per heavy atom. The van der Waals surface area contributed by atoms with E-state index in [0.717, 1.165) is 24.1 Å². The highest BCUT2D eigenvalue weighted by atomic mass is 16.1. The number of rotatable bonds is 8. The molecule has 2 saturated carbocycles. The predicted molar refractivity (Wildman–Crippen MR) is 86.0 cm³/mol.